The van der Waals surface area contributed by atoms with Crippen LogP contribution in [0.3, 0.4) is 0 Å². The van der Waals surface area contributed by atoms with E-state index < -0.39 is 6.10 Å². The van der Waals surface area contributed by atoms with Crippen molar-refractivity contribution in [1.29, 1.82) is 0 Å². The molecule has 0 saturated heterocycles. The van der Waals surface area contributed by atoms with Crippen molar-refractivity contribution in [2.45, 2.75) is 13.0 Å². The Morgan fingerprint density at radius 2 is 1.75 bits per heavy atom. The van der Waals surface area contributed by atoms with Crippen molar-refractivity contribution >= 4 is 29.0 Å². The summed E-state index contributed by atoms with van der Waals surface area (Å²) in [5.74, 6) is 0. The third-order valence-electron chi connectivity index (χ3n) is 2.73. The lowest BCUT2D eigenvalue weighted by molar-refractivity contribution is 0.199. The van der Waals surface area contributed by atoms with Crippen LogP contribution >= 0.6 is 11.6 Å². The van der Waals surface area contributed by atoms with Crippen molar-refractivity contribution in [1.82, 2.24) is 0 Å². The molecule has 2 rings (SSSR count). The maximum absolute atomic E-state index is 11.8. The van der Waals surface area contributed by atoms with Gasteiger partial charge in [0.1, 0.15) is 0 Å². The summed E-state index contributed by atoms with van der Waals surface area (Å²) in [7, 11) is 0. The van der Waals surface area contributed by atoms with E-state index in [1.807, 2.05) is 0 Å². The summed E-state index contributed by atoms with van der Waals surface area (Å²) in [6.07, 6.45) is -0.524. The third-order valence-corrected chi connectivity index (χ3v) is 2.97. The molecule has 0 aliphatic rings. The highest BCUT2D eigenvalue weighted by Gasteiger charge is 2.04. The Labute approximate surface area is 122 Å². The topological polar surface area (TPSA) is 61.4 Å². The molecule has 0 aliphatic carbocycles. The summed E-state index contributed by atoms with van der Waals surface area (Å²) in [6.45, 7) is 1.69. The molecule has 4 nitrogen and oxygen atoms in total. The monoisotopic (exact) mass is 290 g/mol. The molecule has 5 heteroatoms. The summed E-state index contributed by atoms with van der Waals surface area (Å²) in [5.41, 5.74) is 2.07. The summed E-state index contributed by atoms with van der Waals surface area (Å²) in [5, 5.41) is 15.4. The van der Waals surface area contributed by atoms with Crippen LogP contribution < -0.4 is 10.6 Å². The van der Waals surface area contributed by atoms with E-state index in [4.69, 9.17) is 11.6 Å². The average molecular weight is 291 g/mol. The van der Waals surface area contributed by atoms with E-state index >= 15 is 0 Å². The second-order valence-electron chi connectivity index (χ2n) is 4.39. The fourth-order valence-corrected chi connectivity index (χ4v) is 1.89. The second-order valence-corrected chi connectivity index (χ2v) is 4.82. The minimum Gasteiger partial charge on any atom is -0.389 e. The molecule has 104 valence electrons. The molecule has 0 fully saturated rings. The molecule has 2 amide bonds. The molecule has 0 radical (unpaired) electrons. The van der Waals surface area contributed by atoms with E-state index in [1.165, 1.54) is 0 Å². The largest absolute Gasteiger partial charge is 0.389 e. The van der Waals surface area contributed by atoms with Crippen molar-refractivity contribution < 1.29 is 9.90 Å². The van der Waals surface area contributed by atoms with Gasteiger partial charge < -0.3 is 15.7 Å². The zero-order valence-corrected chi connectivity index (χ0v) is 11.7. The molecule has 0 saturated carbocycles. The van der Waals surface area contributed by atoms with Crippen molar-refractivity contribution in [2.24, 2.45) is 0 Å². The first kappa shape index (κ1) is 14.4. The first-order valence-electron chi connectivity index (χ1n) is 6.16. The smallest absolute Gasteiger partial charge is 0.323 e. The van der Waals surface area contributed by atoms with Gasteiger partial charge in [0.2, 0.25) is 0 Å². The van der Waals surface area contributed by atoms with Gasteiger partial charge in [-0.3, -0.25) is 0 Å². The maximum atomic E-state index is 11.8. The molecule has 1 unspecified atom stereocenters. The fourth-order valence-electron chi connectivity index (χ4n) is 1.70. The molecule has 0 bridgehead atoms. The number of urea groups is 1. The molecule has 2 aromatic carbocycles. The number of hydrogen-bond acceptors (Lipinski definition) is 2. The standard InChI is InChI=1S/C15H15ClN2O2/c1-10(19)11-5-7-13(8-6-11)17-15(20)18-14-4-2-3-12(16)9-14/h2-10,19H,1H3,(H2,17,18,20). The average Bonchev–Trinajstić information content (AvgIpc) is 2.39. The van der Waals surface area contributed by atoms with E-state index in [1.54, 1.807) is 55.5 Å². The van der Waals surface area contributed by atoms with Crippen molar-refractivity contribution in [2.75, 3.05) is 10.6 Å². The number of benzene rings is 2. The lowest BCUT2D eigenvalue weighted by atomic mass is 10.1. The Balaban J connectivity index is 1.97. The fraction of sp³-hybridized carbons (Fsp3) is 0.133. The van der Waals surface area contributed by atoms with Crippen LogP contribution in [-0.4, -0.2) is 11.1 Å². The SMILES string of the molecule is CC(O)c1ccc(NC(=O)Nc2cccc(Cl)c2)cc1. The van der Waals surface area contributed by atoms with E-state index in [0.717, 1.165) is 5.56 Å². The van der Waals surface area contributed by atoms with Gasteiger partial charge in [0.25, 0.3) is 0 Å². The normalized spacial score (nSPS) is 11.8. The number of halogens is 1. The summed E-state index contributed by atoms with van der Waals surface area (Å²) in [6, 6.07) is 13.6. The van der Waals surface area contributed by atoms with Crippen molar-refractivity contribution in [3.05, 3.63) is 59.1 Å². The second kappa shape index (κ2) is 6.41. The van der Waals surface area contributed by atoms with Gasteiger partial charge in [0.15, 0.2) is 0 Å². The zero-order valence-electron chi connectivity index (χ0n) is 10.9. The number of carbonyl (C=O) groups excluding carboxylic acids is 1. The number of carbonyl (C=O) groups is 1. The van der Waals surface area contributed by atoms with Crippen LogP contribution in [0.2, 0.25) is 5.02 Å². The highest BCUT2D eigenvalue weighted by Crippen LogP contribution is 2.17. The van der Waals surface area contributed by atoms with Crippen molar-refractivity contribution in [3.8, 4) is 0 Å². The molecule has 20 heavy (non-hydrogen) atoms. The van der Waals surface area contributed by atoms with Crippen LogP contribution in [0.25, 0.3) is 0 Å². The quantitative estimate of drug-likeness (QED) is 0.799. The maximum Gasteiger partial charge on any atom is 0.323 e. The van der Waals surface area contributed by atoms with Crippen LogP contribution in [0.5, 0.6) is 0 Å². The lowest BCUT2D eigenvalue weighted by Gasteiger charge is -2.09. The number of nitrogens with one attached hydrogen (secondary N) is 2. The van der Waals surface area contributed by atoms with E-state index in [2.05, 4.69) is 10.6 Å². The van der Waals surface area contributed by atoms with Crippen LogP contribution in [0, 0.1) is 0 Å². The van der Waals surface area contributed by atoms with Gasteiger partial charge in [0, 0.05) is 16.4 Å². The van der Waals surface area contributed by atoms with Gasteiger partial charge in [-0.1, -0.05) is 29.8 Å². The minimum absolute atomic E-state index is 0.350. The third kappa shape index (κ3) is 3.98. The first-order valence-corrected chi connectivity index (χ1v) is 6.54. The molecular weight excluding hydrogens is 276 g/mol. The molecular formula is C15H15ClN2O2. The summed E-state index contributed by atoms with van der Waals surface area (Å²) >= 11 is 5.84. The molecule has 0 aromatic heterocycles. The first-order chi connectivity index (χ1) is 9.54. The Hall–Kier alpha value is -2.04. The summed E-state index contributed by atoms with van der Waals surface area (Å²) < 4.78 is 0. The molecule has 2 aromatic rings. The van der Waals surface area contributed by atoms with Gasteiger partial charge >= 0.3 is 6.03 Å². The molecule has 0 aliphatic heterocycles. The molecule has 0 spiro atoms. The number of anilines is 2. The predicted octanol–water partition coefficient (Wildman–Crippen LogP) is 4.04. The number of aliphatic hydroxyl groups excluding tert-OH is 1. The van der Waals surface area contributed by atoms with Crippen LogP contribution in [0.4, 0.5) is 16.2 Å². The Morgan fingerprint density at radius 3 is 2.35 bits per heavy atom. The van der Waals surface area contributed by atoms with E-state index in [9.17, 15) is 9.90 Å². The lowest BCUT2D eigenvalue weighted by Crippen LogP contribution is -2.19. The number of aliphatic hydroxyl groups is 1. The predicted molar refractivity (Wildman–Crippen MR) is 81.2 cm³/mol. The van der Waals surface area contributed by atoms with Gasteiger partial charge in [-0.05, 0) is 42.8 Å². The van der Waals surface area contributed by atoms with Crippen LogP contribution in [-0.2, 0) is 0 Å². The number of hydrogen-bond donors (Lipinski definition) is 3. The number of amides is 2. The molecule has 0 heterocycles. The highest BCUT2D eigenvalue weighted by molar-refractivity contribution is 6.30. The zero-order chi connectivity index (χ0) is 14.5. The van der Waals surface area contributed by atoms with Crippen LogP contribution in [0.15, 0.2) is 48.5 Å². The van der Waals surface area contributed by atoms with Gasteiger partial charge in [-0.2, -0.15) is 0 Å². The molecule has 3 N–H and O–H groups in total. The molecule has 1 atom stereocenters. The van der Waals surface area contributed by atoms with Gasteiger partial charge in [0.05, 0.1) is 6.10 Å². The van der Waals surface area contributed by atoms with E-state index in [-0.39, 0.29) is 6.03 Å². The number of rotatable bonds is 3. The van der Waals surface area contributed by atoms with Gasteiger partial charge in [-0.25, -0.2) is 4.79 Å². The Morgan fingerprint density at radius 1 is 1.10 bits per heavy atom. The minimum atomic E-state index is -0.524. The van der Waals surface area contributed by atoms with E-state index in [0.29, 0.717) is 16.4 Å². The Bertz CT molecular complexity index is 597. The van der Waals surface area contributed by atoms with Crippen LogP contribution in [0.1, 0.15) is 18.6 Å². The summed E-state index contributed by atoms with van der Waals surface area (Å²) in [4.78, 5) is 11.8. The highest BCUT2D eigenvalue weighted by atomic mass is 35.5. The Kier molecular flexibility index (Phi) is 4.61. The van der Waals surface area contributed by atoms with Crippen molar-refractivity contribution in [3.63, 3.8) is 0 Å². The van der Waals surface area contributed by atoms with Gasteiger partial charge in [-0.15, -0.1) is 0 Å².